The Morgan fingerprint density at radius 2 is 1.79 bits per heavy atom. The summed E-state index contributed by atoms with van der Waals surface area (Å²) in [5.74, 6) is 0.301. The van der Waals surface area contributed by atoms with Crippen LogP contribution >= 0.6 is 0 Å². The molecule has 0 aliphatic carbocycles. The third-order valence-electron chi connectivity index (χ3n) is 4.30. The summed E-state index contributed by atoms with van der Waals surface area (Å²) in [5, 5.41) is 3.17. The van der Waals surface area contributed by atoms with Gasteiger partial charge in [0.1, 0.15) is 11.5 Å². The van der Waals surface area contributed by atoms with Crippen LogP contribution in [0.15, 0.2) is 53.8 Å². The number of amides is 1. The van der Waals surface area contributed by atoms with Crippen LogP contribution in [0.25, 0.3) is 11.3 Å². The van der Waals surface area contributed by atoms with Crippen molar-refractivity contribution in [1.29, 1.82) is 0 Å². The highest BCUT2D eigenvalue weighted by molar-refractivity contribution is 7.85. The van der Waals surface area contributed by atoms with Crippen LogP contribution in [0.5, 0.6) is 5.75 Å². The van der Waals surface area contributed by atoms with Crippen molar-refractivity contribution in [2.45, 2.75) is 19.0 Å². The van der Waals surface area contributed by atoms with Gasteiger partial charge in [-0.15, -0.1) is 0 Å². The highest BCUT2D eigenvalue weighted by Gasteiger charge is 2.17. The van der Waals surface area contributed by atoms with Crippen LogP contribution in [0.4, 0.5) is 5.69 Å². The maximum Gasteiger partial charge on any atom is 0.237 e. The first-order valence-corrected chi connectivity index (χ1v) is 10.1. The lowest BCUT2D eigenvalue weighted by Crippen LogP contribution is -2.21. The van der Waals surface area contributed by atoms with Gasteiger partial charge in [-0.1, -0.05) is 6.07 Å². The zero-order chi connectivity index (χ0) is 20.3. The van der Waals surface area contributed by atoms with Crippen molar-refractivity contribution in [2.75, 3.05) is 18.2 Å². The minimum Gasteiger partial charge on any atom is -0.497 e. The van der Waals surface area contributed by atoms with Crippen molar-refractivity contribution < 1.29 is 13.7 Å². The zero-order valence-electron chi connectivity index (χ0n) is 16.4. The molecule has 0 aliphatic heterocycles. The number of nitrogens with zero attached hydrogens (tertiary/aromatic N) is 2. The molecule has 1 atom stereocenters. The molecule has 1 amide bonds. The fourth-order valence-corrected chi connectivity index (χ4v) is 4.08. The molecule has 0 fully saturated rings. The number of aromatic nitrogens is 2. The first-order chi connectivity index (χ1) is 13.4. The van der Waals surface area contributed by atoms with Crippen LogP contribution in [0.1, 0.15) is 11.1 Å². The Kier molecular flexibility index (Phi) is 5.94. The third-order valence-corrected chi connectivity index (χ3v) is 5.61. The maximum atomic E-state index is 12.7. The van der Waals surface area contributed by atoms with Gasteiger partial charge >= 0.3 is 0 Å². The quantitative estimate of drug-likeness (QED) is 0.691. The molecule has 3 aromatic rings. The van der Waals surface area contributed by atoms with Gasteiger partial charge in [0, 0.05) is 18.3 Å². The van der Waals surface area contributed by atoms with E-state index in [1.807, 2.05) is 56.3 Å². The summed E-state index contributed by atoms with van der Waals surface area (Å²) in [5.41, 5.74) is 4.58. The minimum absolute atomic E-state index is 0.153. The second kappa shape index (κ2) is 8.39. The number of benzene rings is 2. The van der Waals surface area contributed by atoms with Gasteiger partial charge in [0.05, 0.1) is 29.8 Å². The second-order valence-corrected chi connectivity index (χ2v) is 7.97. The number of methoxy groups -OCH3 is 1. The summed E-state index contributed by atoms with van der Waals surface area (Å²) in [4.78, 5) is 16.6. The molecule has 6 nitrogen and oxygen atoms in total. The van der Waals surface area contributed by atoms with E-state index in [1.165, 1.54) is 0 Å². The van der Waals surface area contributed by atoms with Crippen molar-refractivity contribution in [3.8, 4) is 17.0 Å². The Morgan fingerprint density at radius 3 is 2.39 bits per heavy atom. The molecule has 28 heavy (non-hydrogen) atoms. The third kappa shape index (κ3) is 4.48. The summed E-state index contributed by atoms with van der Waals surface area (Å²) in [7, 11) is 1.85. The lowest BCUT2D eigenvalue weighted by atomic mass is 10.1. The van der Waals surface area contributed by atoms with E-state index >= 15 is 0 Å². The lowest BCUT2D eigenvalue weighted by molar-refractivity contribution is -0.113. The van der Waals surface area contributed by atoms with Crippen molar-refractivity contribution in [3.63, 3.8) is 0 Å². The van der Waals surface area contributed by atoms with E-state index in [0.717, 1.165) is 28.1 Å². The van der Waals surface area contributed by atoms with Gasteiger partial charge in [0.25, 0.3) is 0 Å². The predicted molar refractivity (Wildman–Crippen MR) is 111 cm³/mol. The lowest BCUT2D eigenvalue weighted by Gasteiger charge is -2.09. The molecule has 0 saturated carbocycles. The number of hydrogen-bond donors (Lipinski definition) is 1. The molecule has 7 heteroatoms. The number of carbonyl (C=O) groups excluding carboxylic acids is 1. The summed E-state index contributed by atoms with van der Waals surface area (Å²) < 4.78 is 19.6. The van der Waals surface area contributed by atoms with Crippen molar-refractivity contribution >= 4 is 22.4 Å². The van der Waals surface area contributed by atoms with E-state index in [1.54, 1.807) is 24.9 Å². The second-order valence-electron chi connectivity index (χ2n) is 6.63. The Morgan fingerprint density at radius 1 is 1.14 bits per heavy atom. The van der Waals surface area contributed by atoms with E-state index < -0.39 is 10.8 Å². The molecular weight excluding hydrogens is 374 g/mol. The Labute approximate surface area is 167 Å². The molecular formula is C21H23N3O3S. The van der Waals surface area contributed by atoms with Gasteiger partial charge in [0.2, 0.25) is 5.91 Å². The van der Waals surface area contributed by atoms with Gasteiger partial charge in [0.15, 0.2) is 5.16 Å². The summed E-state index contributed by atoms with van der Waals surface area (Å²) in [6.45, 7) is 3.94. The SMILES string of the molecule is COc1ccc(-c2cnc([S@@](=O)CC(=O)Nc3cc(C)cc(C)c3)n2C)cc1. The zero-order valence-corrected chi connectivity index (χ0v) is 17.2. The minimum atomic E-state index is -1.55. The molecule has 1 N–H and O–H groups in total. The first kappa shape index (κ1) is 19.8. The number of aryl methyl sites for hydroxylation is 2. The standard InChI is InChI=1S/C21H23N3O3S/c1-14-9-15(2)11-17(10-14)23-20(25)13-28(26)21-22-12-19(24(21)3)16-5-7-18(27-4)8-6-16/h5-12H,13H2,1-4H3,(H,23,25)/t28-/m0/s1. The van der Waals surface area contributed by atoms with Gasteiger partial charge in [-0.2, -0.15) is 0 Å². The van der Waals surface area contributed by atoms with E-state index in [-0.39, 0.29) is 11.7 Å². The molecule has 146 valence electrons. The first-order valence-electron chi connectivity index (χ1n) is 8.80. The highest BCUT2D eigenvalue weighted by atomic mass is 32.2. The Balaban J connectivity index is 1.72. The Bertz CT molecular complexity index is 1010. The Hall–Kier alpha value is -2.93. The molecule has 0 saturated heterocycles. The van der Waals surface area contributed by atoms with Crippen LogP contribution in [0, 0.1) is 13.8 Å². The average molecular weight is 398 g/mol. The highest BCUT2D eigenvalue weighted by Crippen LogP contribution is 2.24. The molecule has 3 rings (SSSR count). The normalized spacial score (nSPS) is 11.9. The van der Waals surface area contributed by atoms with E-state index in [4.69, 9.17) is 4.74 Å². The van der Waals surface area contributed by atoms with Gasteiger partial charge in [-0.3, -0.25) is 9.00 Å². The molecule has 1 aromatic heterocycles. The van der Waals surface area contributed by atoms with Crippen molar-refractivity contribution in [1.82, 2.24) is 9.55 Å². The van der Waals surface area contributed by atoms with Crippen molar-refractivity contribution in [2.24, 2.45) is 7.05 Å². The van der Waals surface area contributed by atoms with Crippen LogP contribution in [0.2, 0.25) is 0 Å². The van der Waals surface area contributed by atoms with E-state index in [9.17, 15) is 9.00 Å². The topological polar surface area (TPSA) is 73.2 Å². The molecule has 0 unspecified atom stereocenters. The maximum absolute atomic E-state index is 12.7. The smallest absolute Gasteiger partial charge is 0.237 e. The van der Waals surface area contributed by atoms with Gasteiger partial charge < -0.3 is 14.6 Å². The van der Waals surface area contributed by atoms with Crippen molar-refractivity contribution in [3.05, 3.63) is 59.8 Å². The van der Waals surface area contributed by atoms with Crippen LogP contribution in [-0.4, -0.2) is 32.5 Å². The summed E-state index contributed by atoms with van der Waals surface area (Å²) in [6, 6.07) is 13.3. The number of rotatable bonds is 6. The van der Waals surface area contributed by atoms with Crippen LogP contribution in [0.3, 0.4) is 0 Å². The predicted octanol–water partition coefficient (Wildman–Crippen LogP) is 3.46. The molecule has 2 aromatic carbocycles. The van der Waals surface area contributed by atoms with Crippen LogP contribution < -0.4 is 10.1 Å². The largest absolute Gasteiger partial charge is 0.497 e. The molecule has 0 aliphatic rings. The molecule has 0 radical (unpaired) electrons. The molecule has 0 bridgehead atoms. The fraction of sp³-hybridized carbons (Fsp3) is 0.238. The summed E-state index contributed by atoms with van der Waals surface area (Å²) in [6.07, 6.45) is 1.66. The monoisotopic (exact) mass is 397 g/mol. The van der Waals surface area contributed by atoms with Crippen LogP contribution in [-0.2, 0) is 22.6 Å². The number of imidazole rings is 1. The molecule has 0 spiro atoms. The number of nitrogens with one attached hydrogen (secondary N) is 1. The average Bonchev–Trinajstić information content (AvgIpc) is 3.02. The number of hydrogen-bond acceptors (Lipinski definition) is 4. The molecule has 1 heterocycles. The fourth-order valence-electron chi connectivity index (χ4n) is 3.06. The summed E-state index contributed by atoms with van der Waals surface area (Å²) >= 11 is 0. The number of carbonyl (C=O) groups is 1. The number of ether oxygens (including phenoxy) is 1. The van der Waals surface area contributed by atoms with E-state index in [2.05, 4.69) is 10.3 Å². The van der Waals surface area contributed by atoms with Gasteiger partial charge in [-0.05, 0) is 61.4 Å². The number of anilines is 1. The van der Waals surface area contributed by atoms with Gasteiger partial charge in [-0.25, -0.2) is 4.98 Å². The van der Waals surface area contributed by atoms with E-state index in [0.29, 0.717) is 10.8 Å².